The van der Waals surface area contributed by atoms with Crippen LogP contribution in [0.2, 0.25) is 0 Å². The van der Waals surface area contributed by atoms with Crippen LogP contribution in [-0.4, -0.2) is 19.2 Å². The highest BCUT2D eigenvalue weighted by Gasteiger charge is 2.19. The first-order chi connectivity index (χ1) is 12.0. The van der Waals surface area contributed by atoms with E-state index in [1.54, 1.807) is 6.92 Å². The highest BCUT2D eigenvalue weighted by atomic mass is 32.2. The van der Waals surface area contributed by atoms with Crippen molar-refractivity contribution >= 4 is 9.84 Å². The van der Waals surface area contributed by atoms with E-state index >= 15 is 0 Å². The van der Waals surface area contributed by atoms with Gasteiger partial charge in [0.1, 0.15) is 5.76 Å². The van der Waals surface area contributed by atoms with Crippen molar-refractivity contribution < 1.29 is 12.8 Å². The van der Waals surface area contributed by atoms with Gasteiger partial charge in [-0.2, -0.15) is 0 Å². The van der Waals surface area contributed by atoms with Gasteiger partial charge in [-0.15, -0.1) is 0 Å². The van der Waals surface area contributed by atoms with Crippen molar-refractivity contribution in [3.05, 3.63) is 77.7 Å². The van der Waals surface area contributed by atoms with Crippen molar-refractivity contribution in [2.45, 2.75) is 25.5 Å². The normalized spacial score (nSPS) is 11.6. The van der Waals surface area contributed by atoms with Crippen LogP contribution in [0.15, 0.2) is 65.1 Å². The number of rotatable bonds is 7. The fourth-order valence-corrected chi connectivity index (χ4v) is 4.10. The van der Waals surface area contributed by atoms with Crippen LogP contribution >= 0.6 is 0 Å². The maximum absolute atomic E-state index is 12.4. The molecule has 0 bridgehead atoms. The van der Waals surface area contributed by atoms with Crippen LogP contribution in [0, 0.1) is 6.92 Å². The van der Waals surface area contributed by atoms with Gasteiger partial charge in [-0.25, -0.2) is 13.4 Å². The molecule has 4 nitrogen and oxygen atoms in total. The lowest BCUT2D eigenvalue weighted by molar-refractivity contribution is 0.539. The zero-order valence-corrected chi connectivity index (χ0v) is 15.0. The lowest BCUT2D eigenvalue weighted by atomic mass is 10.1. The third-order valence-electron chi connectivity index (χ3n) is 4.03. The number of aryl methyl sites for hydroxylation is 2. The van der Waals surface area contributed by atoms with Crippen LogP contribution in [0.3, 0.4) is 0 Å². The second kappa shape index (κ2) is 7.66. The molecular weight excluding hydrogens is 334 g/mol. The molecule has 0 radical (unpaired) electrons. The molecule has 0 aliphatic rings. The molecule has 3 aromatic rings. The van der Waals surface area contributed by atoms with E-state index < -0.39 is 9.84 Å². The van der Waals surface area contributed by atoms with Crippen LogP contribution in [-0.2, 0) is 22.0 Å². The first kappa shape index (κ1) is 17.4. The highest BCUT2D eigenvalue weighted by Crippen LogP contribution is 2.23. The summed E-state index contributed by atoms with van der Waals surface area (Å²) in [7, 11) is -3.22. The van der Waals surface area contributed by atoms with Crippen LogP contribution < -0.4 is 0 Å². The molecule has 0 N–H and O–H groups in total. The summed E-state index contributed by atoms with van der Waals surface area (Å²) in [4.78, 5) is 4.39. The number of benzene rings is 2. The maximum Gasteiger partial charge on any atom is 0.226 e. The van der Waals surface area contributed by atoms with Gasteiger partial charge >= 0.3 is 0 Å². The molecule has 25 heavy (non-hydrogen) atoms. The number of sulfone groups is 1. The van der Waals surface area contributed by atoms with Crippen LogP contribution in [0.25, 0.3) is 11.5 Å². The van der Waals surface area contributed by atoms with Crippen molar-refractivity contribution in [3.8, 4) is 11.5 Å². The Hall–Kier alpha value is -2.40. The first-order valence-corrected chi connectivity index (χ1v) is 10.1. The third kappa shape index (κ3) is 4.79. The zero-order valence-electron chi connectivity index (χ0n) is 14.2. The van der Waals surface area contributed by atoms with Crippen LogP contribution in [0.5, 0.6) is 0 Å². The molecule has 2 aromatic carbocycles. The van der Waals surface area contributed by atoms with Gasteiger partial charge < -0.3 is 4.42 Å². The zero-order chi connectivity index (χ0) is 17.7. The Kier molecular flexibility index (Phi) is 5.34. The number of hydrogen-bond donors (Lipinski definition) is 0. The molecule has 1 heterocycles. The minimum atomic E-state index is -3.22. The fourth-order valence-electron chi connectivity index (χ4n) is 2.69. The topological polar surface area (TPSA) is 60.2 Å². The molecule has 0 unspecified atom stereocenters. The predicted octanol–water partition coefficient (Wildman–Crippen LogP) is 4.20. The number of oxazole rings is 1. The monoisotopic (exact) mass is 355 g/mol. The predicted molar refractivity (Wildman–Crippen MR) is 98.9 cm³/mol. The number of aromatic nitrogens is 1. The minimum absolute atomic E-state index is 0.0794. The fraction of sp³-hybridized carbons (Fsp3) is 0.250. The lowest BCUT2D eigenvalue weighted by Gasteiger charge is -2.03. The Morgan fingerprint density at radius 2 is 1.60 bits per heavy atom. The third-order valence-corrected chi connectivity index (χ3v) is 5.66. The quantitative estimate of drug-likeness (QED) is 0.637. The van der Waals surface area contributed by atoms with E-state index in [9.17, 15) is 8.42 Å². The Morgan fingerprint density at radius 1 is 0.960 bits per heavy atom. The Morgan fingerprint density at radius 3 is 2.28 bits per heavy atom. The van der Waals surface area contributed by atoms with E-state index in [-0.39, 0.29) is 11.5 Å². The van der Waals surface area contributed by atoms with E-state index in [2.05, 4.69) is 4.98 Å². The van der Waals surface area contributed by atoms with Crippen molar-refractivity contribution in [3.63, 3.8) is 0 Å². The Bertz CT molecular complexity index is 916. The summed E-state index contributed by atoms with van der Waals surface area (Å²) in [6.45, 7) is 1.76. The average Bonchev–Trinajstić information content (AvgIpc) is 2.96. The highest BCUT2D eigenvalue weighted by molar-refractivity contribution is 7.90. The average molecular weight is 355 g/mol. The van der Waals surface area contributed by atoms with E-state index in [0.717, 1.165) is 17.5 Å². The SMILES string of the molecule is Cc1oc(-c2ccccc2)nc1CS(=O)(=O)CCCc1ccccc1. The van der Waals surface area contributed by atoms with Gasteiger partial charge in [-0.05, 0) is 37.5 Å². The van der Waals surface area contributed by atoms with Gasteiger partial charge in [0.05, 0.1) is 17.2 Å². The summed E-state index contributed by atoms with van der Waals surface area (Å²) >= 11 is 0. The summed E-state index contributed by atoms with van der Waals surface area (Å²) in [5, 5.41) is 0. The summed E-state index contributed by atoms with van der Waals surface area (Å²) in [6.07, 6.45) is 1.36. The summed E-state index contributed by atoms with van der Waals surface area (Å²) < 4.78 is 30.5. The maximum atomic E-state index is 12.4. The van der Waals surface area contributed by atoms with Gasteiger partial charge in [0.2, 0.25) is 5.89 Å². The molecule has 130 valence electrons. The Balaban J connectivity index is 1.64. The summed E-state index contributed by atoms with van der Waals surface area (Å²) in [5.74, 6) is 1.09. The molecule has 0 atom stereocenters. The number of nitrogens with zero attached hydrogens (tertiary/aromatic N) is 1. The smallest absolute Gasteiger partial charge is 0.226 e. The summed E-state index contributed by atoms with van der Waals surface area (Å²) in [5.41, 5.74) is 2.50. The van der Waals surface area contributed by atoms with Crippen molar-refractivity contribution in [2.75, 3.05) is 5.75 Å². The van der Waals surface area contributed by atoms with Gasteiger partial charge in [0, 0.05) is 5.56 Å². The molecule has 1 aromatic heterocycles. The molecule has 0 fully saturated rings. The molecule has 0 spiro atoms. The standard InChI is InChI=1S/C20H21NO3S/c1-16-19(21-20(24-16)18-12-6-3-7-13-18)15-25(22,23)14-8-11-17-9-4-2-5-10-17/h2-7,9-10,12-13H,8,11,14-15H2,1H3. The number of hydrogen-bond acceptors (Lipinski definition) is 4. The van der Waals surface area contributed by atoms with Crippen molar-refractivity contribution in [1.29, 1.82) is 0 Å². The van der Waals surface area contributed by atoms with Crippen LogP contribution in [0.1, 0.15) is 23.4 Å². The second-order valence-corrected chi connectivity index (χ2v) is 8.25. The van der Waals surface area contributed by atoms with Crippen LogP contribution in [0.4, 0.5) is 0 Å². The van der Waals surface area contributed by atoms with Crippen molar-refractivity contribution in [2.24, 2.45) is 0 Å². The molecular formula is C20H21NO3S. The van der Waals surface area contributed by atoms with E-state index in [1.165, 1.54) is 0 Å². The minimum Gasteiger partial charge on any atom is -0.441 e. The Labute approximate surface area is 148 Å². The molecule has 0 saturated heterocycles. The van der Waals surface area contributed by atoms with E-state index in [1.807, 2.05) is 60.7 Å². The van der Waals surface area contributed by atoms with Gasteiger partial charge in [-0.3, -0.25) is 0 Å². The molecule has 0 saturated carbocycles. The van der Waals surface area contributed by atoms with E-state index in [4.69, 9.17) is 4.42 Å². The lowest BCUT2D eigenvalue weighted by Crippen LogP contribution is -2.11. The first-order valence-electron chi connectivity index (χ1n) is 8.29. The summed E-state index contributed by atoms with van der Waals surface area (Å²) in [6, 6.07) is 19.4. The second-order valence-electron chi connectivity index (χ2n) is 6.07. The largest absolute Gasteiger partial charge is 0.441 e. The van der Waals surface area contributed by atoms with Gasteiger partial charge in [0.25, 0.3) is 0 Å². The molecule has 3 rings (SSSR count). The molecule has 0 amide bonds. The molecule has 0 aliphatic carbocycles. The van der Waals surface area contributed by atoms with E-state index in [0.29, 0.717) is 23.8 Å². The van der Waals surface area contributed by atoms with Crippen molar-refractivity contribution in [1.82, 2.24) is 4.98 Å². The van der Waals surface area contributed by atoms with Gasteiger partial charge in [0.15, 0.2) is 9.84 Å². The molecule has 0 aliphatic heterocycles. The van der Waals surface area contributed by atoms with Gasteiger partial charge in [-0.1, -0.05) is 48.5 Å². The molecule has 5 heteroatoms.